The van der Waals surface area contributed by atoms with Gasteiger partial charge in [0.25, 0.3) is 5.91 Å². The van der Waals surface area contributed by atoms with Crippen LogP contribution in [0.1, 0.15) is 48.9 Å². The number of allylic oxidation sites excluding steroid dienone is 3. The van der Waals surface area contributed by atoms with E-state index in [-0.39, 0.29) is 17.9 Å². The van der Waals surface area contributed by atoms with Crippen molar-refractivity contribution in [2.45, 2.75) is 52.1 Å². The van der Waals surface area contributed by atoms with Crippen molar-refractivity contribution in [3.63, 3.8) is 0 Å². The lowest BCUT2D eigenvalue weighted by Crippen LogP contribution is -2.49. The Balaban J connectivity index is 1.64. The van der Waals surface area contributed by atoms with E-state index in [1.54, 1.807) is 23.9 Å². The highest BCUT2D eigenvalue weighted by molar-refractivity contribution is 6.27. The predicted octanol–water partition coefficient (Wildman–Crippen LogP) is 4.45. The molecule has 1 aliphatic heterocycles. The summed E-state index contributed by atoms with van der Waals surface area (Å²) in [5, 5.41) is 9.84. The number of amides is 2. The van der Waals surface area contributed by atoms with Crippen LogP contribution in [0.25, 0.3) is 11.1 Å². The van der Waals surface area contributed by atoms with E-state index in [4.69, 9.17) is 4.74 Å². The number of methoxy groups -OCH3 is 1. The second-order valence-corrected chi connectivity index (χ2v) is 10.5. The van der Waals surface area contributed by atoms with Gasteiger partial charge in [0.05, 0.1) is 25.1 Å². The highest BCUT2D eigenvalue weighted by Gasteiger charge is 2.34. The number of nitrogens with one attached hydrogen (secondary N) is 2. The van der Waals surface area contributed by atoms with E-state index in [9.17, 15) is 14.4 Å². The third kappa shape index (κ3) is 6.53. The summed E-state index contributed by atoms with van der Waals surface area (Å²) < 4.78 is 36.8. The van der Waals surface area contributed by atoms with Crippen LogP contribution in [0.5, 0.6) is 0 Å². The molecule has 2 amide bonds. The topological polar surface area (TPSA) is 99.9 Å². The Morgan fingerprint density at radius 3 is 2.50 bits per heavy atom. The van der Waals surface area contributed by atoms with Gasteiger partial charge in [-0.1, -0.05) is 48.4 Å². The van der Waals surface area contributed by atoms with E-state index in [0.29, 0.717) is 23.3 Å². The summed E-state index contributed by atoms with van der Waals surface area (Å²) in [7, 11) is 2.94. The highest BCUT2D eigenvalue weighted by Crippen LogP contribution is 2.33. The maximum atomic E-state index is 15.3. The predicted molar refractivity (Wildman–Crippen MR) is 156 cm³/mol. The van der Waals surface area contributed by atoms with Crippen LogP contribution < -0.4 is 10.6 Å². The second kappa shape index (κ2) is 13.0. The van der Waals surface area contributed by atoms with Gasteiger partial charge in [-0.05, 0) is 65.8 Å². The minimum absolute atomic E-state index is 0.148. The molecule has 2 aromatic rings. The number of carbonyl (C=O) groups excluding carboxylic acids is 3. The molecule has 1 heterocycles. The van der Waals surface area contributed by atoms with Gasteiger partial charge in [-0.15, -0.1) is 0 Å². The molecule has 0 saturated carbocycles. The molecule has 2 N–H and O–H groups in total. The van der Waals surface area contributed by atoms with Gasteiger partial charge in [-0.3, -0.25) is 14.4 Å². The number of hydrazone groups is 1. The average molecular weight is 578 g/mol. The molecule has 0 fully saturated rings. The molecule has 220 valence electrons. The van der Waals surface area contributed by atoms with Gasteiger partial charge >= 0.3 is 5.97 Å². The number of nitrogens with zero attached hydrogens (tertiary/aromatic N) is 2. The van der Waals surface area contributed by atoms with Crippen molar-refractivity contribution in [3.05, 3.63) is 82.5 Å². The standard InChI is InChI=1S/C32H34F2N4O4/c1-6-9-25(35-31(40)22-13-8-12-20-17-38(4)37-30(20)22)32(41)36-26(16-27(39)42-5)23-14-21(15-24(33)29(23)34)28-18(2)10-7-11-19(28)3/h7-8,10-15,17,20,25-26H,6,9,16H2,1-5H3,(H-,35,36,40,41)/p+1/t20?,25-,26-/m0/s1. The van der Waals surface area contributed by atoms with Gasteiger partial charge in [0.1, 0.15) is 17.7 Å². The van der Waals surface area contributed by atoms with Crippen LogP contribution in [-0.4, -0.2) is 54.6 Å². The Morgan fingerprint density at radius 1 is 1.12 bits per heavy atom. The lowest BCUT2D eigenvalue weighted by atomic mass is 9.91. The van der Waals surface area contributed by atoms with Crippen LogP contribution in [0.15, 0.2) is 59.2 Å². The van der Waals surface area contributed by atoms with E-state index in [0.717, 1.165) is 22.8 Å². The molecule has 2 aromatic carbocycles. The first-order valence-electron chi connectivity index (χ1n) is 13.8. The minimum Gasteiger partial charge on any atom is -0.469 e. The number of hydrogen-bond acceptors (Lipinski definition) is 5. The van der Waals surface area contributed by atoms with Crippen molar-refractivity contribution in [1.29, 1.82) is 0 Å². The molecule has 0 bridgehead atoms. The molecule has 0 aromatic heterocycles. The number of benzene rings is 2. The van der Waals surface area contributed by atoms with E-state index in [1.807, 2.05) is 51.3 Å². The summed E-state index contributed by atoms with van der Waals surface area (Å²) in [4.78, 5) is 39.2. The molecule has 1 aliphatic carbocycles. The number of ether oxygens (including phenoxy) is 1. The molecule has 8 nitrogen and oxygen atoms in total. The minimum atomic E-state index is -1.26. The Kier molecular flexibility index (Phi) is 9.45. The zero-order chi connectivity index (χ0) is 30.6. The number of halogens is 2. The van der Waals surface area contributed by atoms with Gasteiger partial charge in [0.15, 0.2) is 24.9 Å². The van der Waals surface area contributed by atoms with Crippen molar-refractivity contribution in [2.75, 3.05) is 14.2 Å². The average Bonchev–Trinajstić information content (AvgIpc) is 3.34. The van der Waals surface area contributed by atoms with Crippen molar-refractivity contribution < 1.29 is 32.6 Å². The Labute approximate surface area is 243 Å². The molecule has 3 atom stereocenters. The smallest absolute Gasteiger partial charge is 0.307 e. The van der Waals surface area contributed by atoms with Crippen LogP contribution in [0, 0.1) is 31.4 Å². The molecule has 1 unspecified atom stereocenters. The molecule has 0 radical (unpaired) electrons. The fourth-order valence-electron chi connectivity index (χ4n) is 5.33. The molecule has 4 rings (SSSR count). The highest BCUT2D eigenvalue weighted by atomic mass is 19.2. The molecular formula is C32H35F2N4O4+. The van der Waals surface area contributed by atoms with Crippen molar-refractivity contribution in [3.8, 4) is 11.1 Å². The Hall–Kier alpha value is -4.47. The fraction of sp³-hybridized carbons (Fsp3) is 0.344. The molecule has 0 saturated heterocycles. The van der Waals surface area contributed by atoms with Crippen LogP contribution in [0.3, 0.4) is 0 Å². The summed E-state index contributed by atoms with van der Waals surface area (Å²) >= 11 is 0. The number of rotatable bonds is 10. The molecule has 2 aliphatic rings. The Bertz CT molecular complexity index is 1520. The van der Waals surface area contributed by atoms with Crippen LogP contribution in [-0.2, 0) is 19.1 Å². The molecule has 0 spiro atoms. The van der Waals surface area contributed by atoms with E-state index in [1.165, 1.54) is 13.2 Å². The maximum absolute atomic E-state index is 15.3. The van der Waals surface area contributed by atoms with E-state index < -0.39 is 47.9 Å². The molecule has 10 heteroatoms. The maximum Gasteiger partial charge on any atom is 0.307 e. The number of aryl methyl sites for hydroxylation is 2. The van der Waals surface area contributed by atoms with E-state index >= 15 is 8.78 Å². The number of hydrogen-bond donors (Lipinski definition) is 2. The molecular weight excluding hydrogens is 542 g/mol. The van der Waals surface area contributed by atoms with Crippen molar-refractivity contribution in [1.82, 2.24) is 10.6 Å². The van der Waals surface area contributed by atoms with Crippen LogP contribution >= 0.6 is 0 Å². The lowest BCUT2D eigenvalue weighted by Gasteiger charge is -2.25. The van der Waals surface area contributed by atoms with Gasteiger partial charge in [0, 0.05) is 5.56 Å². The fourth-order valence-corrected chi connectivity index (χ4v) is 5.33. The lowest BCUT2D eigenvalue weighted by molar-refractivity contribution is -0.495. The summed E-state index contributed by atoms with van der Waals surface area (Å²) in [5.41, 5.74) is 3.55. The van der Waals surface area contributed by atoms with Crippen molar-refractivity contribution >= 4 is 29.7 Å². The van der Waals surface area contributed by atoms with Crippen LogP contribution in [0.4, 0.5) is 8.78 Å². The number of carbonyl (C=O) groups is 3. The SMILES string of the molecule is CCC[C@H](NC(=O)C1=CC=CC2C=[N+](C)N=C12)C(=O)N[C@@H](CC(=O)OC)c1cc(-c2c(C)cccc2C)cc(F)c1F. The summed E-state index contributed by atoms with van der Waals surface area (Å²) in [6.45, 7) is 5.58. The zero-order valence-electron chi connectivity index (χ0n) is 24.3. The third-order valence-electron chi connectivity index (χ3n) is 7.38. The molecule has 42 heavy (non-hydrogen) atoms. The van der Waals surface area contributed by atoms with Gasteiger partial charge in [-0.2, -0.15) is 0 Å². The number of esters is 1. The number of fused-ring (bicyclic) bond motifs is 1. The summed E-state index contributed by atoms with van der Waals surface area (Å²) in [6, 6.07) is 5.87. The zero-order valence-corrected chi connectivity index (χ0v) is 24.3. The van der Waals surface area contributed by atoms with Gasteiger partial charge < -0.3 is 15.4 Å². The van der Waals surface area contributed by atoms with Gasteiger partial charge in [0.2, 0.25) is 5.91 Å². The summed E-state index contributed by atoms with van der Waals surface area (Å²) in [6.07, 6.45) is 7.54. The largest absolute Gasteiger partial charge is 0.469 e. The third-order valence-corrected chi connectivity index (χ3v) is 7.38. The quantitative estimate of drug-likeness (QED) is 0.322. The first kappa shape index (κ1) is 30.5. The van der Waals surface area contributed by atoms with E-state index in [2.05, 4.69) is 15.7 Å². The normalized spacial score (nSPS) is 16.9. The second-order valence-electron chi connectivity index (χ2n) is 10.5. The van der Waals surface area contributed by atoms with Crippen LogP contribution in [0.2, 0.25) is 0 Å². The van der Waals surface area contributed by atoms with Crippen molar-refractivity contribution in [2.24, 2.45) is 11.0 Å². The first-order chi connectivity index (χ1) is 20.0. The monoisotopic (exact) mass is 577 g/mol. The first-order valence-corrected chi connectivity index (χ1v) is 13.8. The van der Waals surface area contributed by atoms with Gasteiger partial charge in [-0.25, -0.2) is 8.78 Å². The Morgan fingerprint density at radius 2 is 1.83 bits per heavy atom. The summed E-state index contributed by atoms with van der Waals surface area (Å²) in [5.74, 6) is -4.29.